The number of rotatable bonds is 8. The Morgan fingerprint density at radius 2 is 1.88 bits per heavy atom. The maximum atomic E-state index is 12.6. The molecule has 1 atom stereocenters. The average Bonchev–Trinajstić information content (AvgIpc) is 3.23. The highest BCUT2D eigenvalue weighted by Gasteiger charge is 2.34. The lowest BCUT2D eigenvalue weighted by atomic mass is 10.1. The molecule has 1 aromatic heterocycles. The minimum atomic E-state index is -0.355. The highest BCUT2D eigenvalue weighted by Crippen LogP contribution is 2.27. The van der Waals surface area contributed by atoms with E-state index >= 15 is 0 Å². The maximum absolute atomic E-state index is 12.6. The first-order valence-corrected chi connectivity index (χ1v) is 11.6. The number of hydrogen-bond donors (Lipinski definition) is 2. The van der Waals surface area contributed by atoms with Crippen LogP contribution in [0.5, 0.6) is 5.75 Å². The molecule has 2 N–H and O–H groups in total. The standard InChI is InChI=1S/C24H32N6O3/c1-17-27-21(15-22(28-17)29-12-4-3-5-13-29)25-10-11-26-24(32)18-14-23(31)30(16-18)19-6-8-20(33-2)9-7-19/h6-9,15,18H,3-5,10-14,16H2,1-2H3,(H,26,32)(H,25,27,28). The maximum Gasteiger partial charge on any atom is 0.227 e. The summed E-state index contributed by atoms with van der Waals surface area (Å²) in [5, 5.41) is 6.23. The van der Waals surface area contributed by atoms with Crippen molar-refractivity contribution in [2.75, 3.05) is 55.0 Å². The quantitative estimate of drug-likeness (QED) is 0.593. The fraction of sp³-hybridized carbons (Fsp3) is 0.500. The molecule has 0 saturated carbocycles. The van der Waals surface area contributed by atoms with Crippen molar-refractivity contribution in [3.05, 3.63) is 36.2 Å². The van der Waals surface area contributed by atoms with Crippen LogP contribution in [0.1, 0.15) is 31.5 Å². The van der Waals surface area contributed by atoms with Gasteiger partial charge in [-0.25, -0.2) is 9.97 Å². The number of methoxy groups -OCH3 is 1. The van der Waals surface area contributed by atoms with Gasteiger partial charge in [0.1, 0.15) is 23.2 Å². The third kappa shape index (κ3) is 5.71. The second-order valence-electron chi connectivity index (χ2n) is 8.53. The molecule has 33 heavy (non-hydrogen) atoms. The Morgan fingerprint density at radius 3 is 2.61 bits per heavy atom. The number of aromatic nitrogens is 2. The zero-order valence-electron chi connectivity index (χ0n) is 19.3. The summed E-state index contributed by atoms with van der Waals surface area (Å²) in [5.74, 6) is 2.68. The zero-order chi connectivity index (χ0) is 23.2. The molecule has 176 valence electrons. The summed E-state index contributed by atoms with van der Waals surface area (Å²) in [6.07, 6.45) is 3.88. The summed E-state index contributed by atoms with van der Waals surface area (Å²) in [6, 6.07) is 9.27. The number of nitrogens with zero attached hydrogens (tertiary/aromatic N) is 4. The van der Waals surface area contributed by atoms with Crippen LogP contribution in [-0.2, 0) is 9.59 Å². The van der Waals surface area contributed by atoms with Gasteiger partial charge >= 0.3 is 0 Å². The van der Waals surface area contributed by atoms with Crippen LogP contribution in [-0.4, -0.2) is 61.6 Å². The van der Waals surface area contributed by atoms with Crippen LogP contribution >= 0.6 is 0 Å². The van der Waals surface area contributed by atoms with Crippen LogP contribution in [0.15, 0.2) is 30.3 Å². The molecular formula is C24H32N6O3. The predicted molar refractivity (Wildman–Crippen MR) is 128 cm³/mol. The van der Waals surface area contributed by atoms with E-state index < -0.39 is 0 Å². The van der Waals surface area contributed by atoms with Crippen molar-refractivity contribution in [1.29, 1.82) is 0 Å². The first-order chi connectivity index (χ1) is 16.0. The molecule has 0 aliphatic carbocycles. The van der Waals surface area contributed by atoms with Crippen molar-refractivity contribution in [1.82, 2.24) is 15.3 Å². The number of carbonyl (C=O) groups is 2. The van der Waals surface area contributed by atoms with Crippen molar-refractivity contribution >= 4 is 29.1 Å². The summed E-state index contributed by atoms with van der Waals surface area (Å²) in [6.45, 7) is 5.33. The van der Waals surface area contributed by atoms with Gasteiger partial charge in [0, 0.05) is 50.9 Å². The van der Waals surface area contributed by atoms with Crippen molar-refractivity contribution in [3.8, 4) is 5.75 Å². The summed E-state index contributed by atoms with van der Waals surface area (Å²) in [7, 11) is 1.60. The van der Waals surface area contributed by atoms with Gasteiger partial charge in [-0.2, -0.15) is 0 Å². The molecule has 4 rings (SSSR count). The molecule has 2 aromatic rings. The Morgan fingerprint density at radius 1 is 1.12 bits per heavy atom. The number of anilines is 3. The minimum Gasteiger partial charge on any atom is -0.497 e. The Labute approximate surface area is 194 Å². The molecule has 9 heteroatoms. The first-order valence-electron chi connectivity index (χ1n) is 11.6. The van der Waals surface area contributed by atoms with E-state index in [1.807, 2.05) is 37.3 Å². The third-order valence-corrected chi connectivity index (χ3v) is 6.11. The van der Waals surface area contributed by atoms with Crippen LogP contribution in [0.3, 0.4) is 0 Å². The Bertz CT molecular complexity index is 975. The van der Waals surface area contributed by atoms with E-state index in [1.165, 1.54) is 19.3 Å². The van der Waals surface area contributed by atoms with Gasteiger partial charge in [0.2, 0.25) is 11.8 Å². The fourth-order valence-electron chi connectivity index (χ4n) is 4.34. The molecule has 0 radical (unpaired) electrons. The van der Waals surface area contributed by atoms with Crippen molar-refractivity contribution < 1.29 is 14.3 Å². The summed E-state index contributed by atoms with van der Waals surface area (Å²) in [4.78, 5) is 38.1. The monoisotopic (exact) mass is 452 g/mol. The van der Waals surface area contributed by atoms with E-state index in [0.717, 1.165) is 42.0 Å². The topological polar surface area (TPSA) is 99.7 Å². The highest BCUT2D eigenvalue weighted by molar-refractivity contribution is 6.00. The van der Waals surface area contributed by atoms with Gasteiger partial charge in [-0.3, -0.25) is 9.59 Å². The van der Waals surface area contributed by atoms with Gasteiger partial charge in [-0.05, 0) is 50.5 Å². The van der Waals surface area contributed by atoms with Crippen LogP contribution in [0, 0.1) is 12.8 Å². The number of benzene rings is 1. The summed E-state index contributed by atoms with van der Waals surface area (Å²) >= 11 is 0. The zero-order valence-corrected chi connectivity index (χ0v) is 19.3. The number of piperidine rings is 1. The van der Waals surface area contributed by atoms with Crippen LogP contribution < -0.4 is 25.2 Å². The largest absolute Gasteiger partial charge is 0.497 e. The summed E-state index contributed by atoms with van der Waals surface area (Å²) < 4.78 is 5.16. The van der Waals surface area contributed by atoms with Crippen LogP contribution in [0.4, 0.5) is 17.3 Å². The van der Waals surface area contributed by atoms with E-state index in [9.17, 15) is 9.59 Å². The number of amides is 2. The van der Waals surface area contributed by atoms with Crippen LogP contribution in [0.25, 0.3) is 0 Å². The van der Waals surface area contributed by atoms with Gasteiger partial charge in [-0.1, -0.05) is 0 Å². The van der Waals surface area contributed by atoms with E-state index in [0.29, 0.717) is 19.6 Å². The SMILES string of the molecule is COc1ccc(N2CC(C(=O)NCCNc3cc(N4CCCCC4)nc(C)n3)CC2=O)cc1. The molecule has 2 aliphatic heterocycles. The summed E-state index contributed by atoms with van der Waals surface area (Å²) in [5.41, 5.74) is 0.779. The van der Waals surface area contributed by atoms with Gasteiger partial charge in [0.25, 0.3) is 0 Å². The fourth-order valence-corrected chi connectivity index (χ4v) is 4.34. The average molecular weight is 453 g/mol. The predicted octanol–water partition coefficient (Wildman–Crippen LogP) is 2.37. The molecule has 0 bridgehead atoms. The molecule has 2 aliphatic rings. The molecule has 2 amide bonds. The lowest BCUT2D eigenvalue weighted by Gasteiger charge is -2.28. The number of carbonyl (C=O) groups excluding carboxylic acids is 2. The van der Waals surface area contributed by atoms with Gasteiger partial charge < -0.3 is 25.2 Å². The molecule has 1 aromatic carbocycles. The molecule has 1 unspecified atom stereocenters. The lowest BCUT2D eigenvalue weighted by Crippen LogP contribution is -2.35. The Hall–Kier alpha value is -3.36. The molecule has 9 nitrogen and oxygen atoms in total. The smallest absolute Gasteiger partial charge is 0.227 e. The molecule has 2 fully saturated rings. The Balaban J connectivity index is 1.25. The number of ether oxygens (including phenoxy) is 1. The molecule has 2 saturated heterocycles. The second-order valence-corrected chi connectivity index (χ2v) is 8.53. The number of aryl methyl sites for hydroxylation is 1. The number of hydrogen-bond acceptors (Lipinski definition) is 7. The van der Waals surface area contributed by atoms with Gasteiger partial charge in [0.05, 0.1) is 13.0 Å². The Kier molecular flexibility index (Phi) is 7.26. The van der Waals surface area contributed by atoms with Crippen molar-refractivity contribution in [2.24, 2.45) is 5.92 Å². The normalized spacial score (nSPS) is 18.4. The van der Waals surface area contributed by atoms with Crippen molar-refractivity contribution in [2.45, 2.75) is 32.6 Å². The van der Waals surface area contributed by atoms with Gasteiger partial charge in [0.15, 0.2) is 0 Å². The van der Waals surface area contributed by atoms with E-state index in [1.54, 1.807) is 12.0 Å². The first kappa shape index (κ1) is 22.8. The molecule has 0 spiro atoms. The number of nitrogens with one attached hydrogen (secondary N) is 2. The molecular weight excluding hydrogens is 420 g/mol. The highest BCUT2D eigenvalue weighted by atomic mass is 16.5. The minimum absolute atomic E-state index is 0.0415. The lowest BCUT2D eigenvalue weighted by molar-refractivity contribution is -0.126. The van der Waals surface area contributed by atoms with E-state index in [-0.39, 0.29) is 24.2 Å². The van der Waals surface area contributed by atoms with Crippen LogP contribution in [0.2, 0.25) is 0 Å². The second kappa shape index (κ2) is 10.5. The van der Waals surface area contributed by atoms with E-state index in [4.69, 9.17) is 4.74 Å². The van der Waals surface area contributed by atoms with Crippen molar-refractivity contribution in [3.63, 3.8) is 0 Å². The third-order valence-electron chi connectivity index (χ3n) is 6.11. The van der Waals surface area contributed by atoms with Gasteiger partial charge in [-0.15, -0.1) is 0 Å². The van der Waals surface area contributed by atoms with E-state index in [2.05, 4.69) is 25.5 Å². The molecule has 3 heterocycles.